The van der Waals surface area contributed by atoms with Crippen molar-refractivity contribution < 1.29 is 4.57 Å². The number of aromatic nitrogens is 1. The topological polar surface area (TPSA) is 3.88 Å². The van der Waals surface area contributed by atoms with Gasteiger partial charge in [-0.15, -0.1) is 0 Å². The number of aryl methyl sites for hydroxylation is 2. The minimum atomic E-state index is 0.575. The number of hydrogen-bond donors (Lipinski definition) is 0. The largest absolute Gasteiger partial charge is 0.212 e. The van der Waals surface area contributed by atoms with Crippen LogP contribution in [0.15, 0.2) is 30.3 Å². The minimum absolute atomic E-state index is 0.575. The fraction of sp³-hybridized carbons (Fsp3) is 0.400. The highest BCUT2D eigenvalue weighted by molar-refractivity contribution is 5.76. The van der Waals surface area contributed by atoms with Crippen LogP contribution in [0.3, 0.4) is 0 Å². The van der Waals surface area contributed by atoms with Crippen molar-refractivity contribution in [1.29, 1.82) is 0 Å². The number of rotatable bonds is 2. The number of nitrogens with zero attached hydrogens (tertiary/aromatic N) is 1. The van der Waals surface area contributed by atoms with Gasteiger partial charge in [0.2, 0.25) is 5.52 Å². The SMILES string of the molecule is CC[n+]1c(C(C)C)ccc2cc(C)ccc21. The first kappa shape index (κ1) is 11.1. The van der Waals surface area contributed by atoms with E-state index in [1.165, 1.54) is 22.2 Å². The van der Waals surface area contributed by atoms with E-state index in [4.69, 9.17) is 0 Å². The number of benzene rings is 1. The predicted octanol–water partition coefficient (Wildman–Crippen LogP) is 3.58. The van der Waals surface area contributed by atoms with E-state index in [1.807, 2.05) is 0 Å². The summed E-state index contributed by atoms with van der Waals surface area (Å²) in [5.41, 5.74) is 4.09. The molecule has 0 aliphatic carbocycles. The molecule has 84 valence electrons. The molecule has 16 heavy (non-hydrogen) atoms. The van der Waals surface area contributed by atoms with Crippen LogP contribution in [0.25, 0.3) is 10.9 Å². The fourth-order valence-corrected chi connectivity index (χ4v) is 2.31. The summed E-state index contributed by atoms with van der Waals surface area (Å²) in [4.78, 5) is 0. The first-order valence-electron chi connectivity index (χ1n) is 6.06. The maximum Gasteiger partial charge on any atom is 0.212 e. The lowest BCUT2D eigenvalue weighted by Gasteiger charge is -2.08. The van der Waals surface area contributed by atoms with Crippen LogP contribution >= 0.6 is 0 Å². The van der Waals surface area contributed by atoms with E-state index in [1.54, 1.807) is 0 Å². The van der Waals surface area contributed by atoms with Gasteiger partial charge in [-0.05, 0) is 26.0 Å². The zero-order valence-electron chi connectivity index (χ0n) is 10.6. The van der Waals surface area contributed by atoms with E-state index in [0.717, 1.165) is 6.54 Å². The molecule has 0 amide bonds. The van der Waals surface area contributed by atoms with Crippen LogP contribution < -0.4 is 4.57 Å². The minimum Gasteiger partial charge on any atom is -0.196 e. The Bertz CT molecular complexity index is 512. The maximum atomic E-state index is 2.42. The molecular formula is C15H20N+. The standard InChI is InChI=1S/C15H20N/c1-5-16-14(11(2)3)9-7-13-10-12(4)6-8-15(13)16/h6-11H,5H2,1-4H3/q+1. The molecule has 0 saturated carbocycles. The van der Waals surface area contributed by atoms with Crippen molar-refractivity contribution >= 4 is 10.9 Å². The van der Waals surface area contributed by atoms with Gasteiger partial charge in [0.1, 0.15) is 6.54 Å². The average Bonchev–Trinajstić information content (AvgIpc) is 2.26. The molecule has 0 N–H and O–H groups in total. The van der Waals surface area contributed by atoms with E-state index in [0.29, 0.717) is 5.92 Å². The van der Waals surface area contributed by atoms with Gasteiger partial charge in [-0.25, -0.2) is 0 Å². The zero-order valence-corrected chi connectivity index (χ0v) is 10.6. The Hall–Kier alpha value is -1.37. The molecule has 0 saturated heterocycles. The third kappa shape index (κ3) is 1.82. The van der Waals surface area contributed by atoms with Crippen LogP contribution in [0.1, 0.15) is 37.9 Å². The molecular weight excluding hydrogens is 194 g/mol. The van der Waals surface area contributed by atoms with E-state index in [-0.39, 0.29) is 0 Å². The second-order valence-electron chi connectivity index (χ2n) is 4.72. The third-order valence-corrected chi connectivity index (χ3v) is 3.13. The molecule has 0 unspecified atom stereocenters. The molecule has 1 nitrogen and oxygen atoms in total. The first-order chi connectivity index (χ1) is 7.63. The van der Waals surface area contributed by atoms with Crippen molar-refractivity contribution in [2.45, 2.75) is 40.2 Å². The van der Waals surface area contributed by atoms with Crippen molar-refractivity contribution in [2.75, 3.05) is 0 Å². The van der Waals surface area contributed by atoms with E-state index < -0.39 is 0 Å². The summed E-state index contributed by atoms with van der Waals surface area (Å²) in [6.45, 7) is 9.90. The molecule has 0 aliphatic heterocycles. The van der Waals surface area contributed by atoms with Gasteiger partial charge in [0.15, 0.2) is 5.69 Å². The molecule has 1 heterocycles. The molecule has 2 aromatic rings. The molecule has 1 aromatic heterocycles. The Labute approximate surface area is 97.7 Å². The summed E-state index contributed by atoms with van der Waals surface area (Å²) in [5, 5.41) is 1.34. The van der Waals surface area contributed by atoms with Crippen molar-refractivity contribution in [3.8, 4) is 0 Å². The molecule has 2 rings (SSSR count). The third-order valence-electron chi connectivity index (χ3n) is 3.13. The van der Waals surface area contributed by atoms with Gasteiger partial charge in [-0.1, -0.05) is 25.5 Å². The Balaban J connectivity index is 2.75. The number of fused-ring (bicyclic) bond motifs is 1. The lowest BCUT2D eigenvalue weighted by Crippen LogP contribution is -2.38. The van der Waals surface area contributed by atoms with Gasteiger partial charge in [-0.3, -0.25) is 0 Å². The summed E-state index contributed by atoms with van der Waals surface area (Å²) in [6.07, 6.45) is 0. The monoisotopic (exact) mass is 214 g/mol. The number of pyridine rings is 1. The normalized spacial score (nSPS) is 11.3. The highest BCUT2D eigenvalue weighted by atomic mass is 15.0. The van der Waals surface area contributed by atoms with Gasteiger partial charge in [0, 0.05) is 23.4 Å². The van der Waals surface area contributed by atoms with E-state index >= 15 is 0 Å². The Morgan fingerprint density at radius 3 is 2.50 bits per heavy atom. The van der Waals surface area contributed by atoms with Crippen LogP contribution in [0, 0.1) is 6.92 Å². The van der Waals surface area contributed by atoms with Crippen molar-refractivity contribution in [3.05, 3.63) is 41.6 Å². The highest BCUT2D eigenvalue weighted by Gasteiger charge is 2.16. The Kier molecular flexibility index (Phi) is 2.95. The maximum absolute atomic E-state index is 2.42. The summed E-state index contributed by atoms with van der Waals surface area (Å²) in [5.74, 6) is 0.575. The van der Waals surface area contributed by atoms with Gasteiger partial charge < -0.3 is 0 Å². The summed E-state index contributed by atoms with van der Waals surface area (Å²) >= 11 is 0. The first-order valence-corrected chi connectivity index (χ1v) is 6.06. The second kappa shape index (κ2) is 4.25. The molecule has 0 aliphatic rings. The molecule has 0 fully saturated rings. The molecule has 0 spiro atoms. The van der Waals surface area contributed by atoms with Crippen LogP contribution in [0.4, 0.5) is 0 Å². The molecule has 0 bridgehead atoms. The summed E-state index contributed by atoms with van der Waals surface area (Å²) < 4.78 is 2.42. The predicted molar refractivity (Wildman–Crippen MR) is 68.6 cm³/mol. The van der Waals surface area contributed by atoms with Crippen LogP contribution in [0.5, 0.6) is 0 Å². The van der Waals surface area contributed by atoms with Crippen molar-refractivity contribution in [1.82, 2.24) is 0 Å². The van der Waals surface area contributed by atoms with E-state index in [9.17, 15) is 0 Å². The van der Waals surface area contributed by atoms with E-state index in [2.05, 4.69) is 62.6 Å². The fourth-order valence-electron chi connectivity index (χ4n) is 2.31. The van der Waals surface area contributed by atoms with Gasteiger partial charge in [-0.2, -0.15) is 4.57 Å². The van der Waals surface area contributed by atoms with Crippen LogP contribution in [-0.4, -0.2) is 0 Å². The Morgan fingerprint density at radius 2 is 1.88 bits per heavy atom. The Morgan fingerprint density at radius 1 is 1.12 bits per heavy atom. The van der Waals surface area contributed by atoms with Crippen LogP contribution in [-0.2, 0) is 6.54 Å². The quantitative estimate of drug-likeness (QED) is 0.673. The second-order valence-corrected chi connectivity index (χ2v) is 4.72. The zero-order chi connectivity index (χ0) is 11.7. The van der Waals surface area contributed by atoms with Crippen molar-refractivity contribution in [3.63, 3.8) is 0 Å². The van der Waals surface area contributed by atoms with Crippen molar-refractivity contribution in [2.24, 2.45) is 0 Å². The highest BCUT2D eigenvalue weighted by Crippen LogP contribution is 2.17. The smallest absolute Gasteiger partial charge is 0.196 e. The molecule has 1 heteroatoms. The van der Waals surface area contributed by atoms with Gasteiger partial charge >= 0.3 is 0 Å². The molecule has 0 atom stereocenters. The summed E-state index contributed by atoms with van der Waals surface area (Å²) in [6, 6.07) is 11.2. The molecule has 0 radical (unpaired) electrons. The van der Waals surface area contributed by atoms with Gasteiger partial charge in [0.05, 0.1) is 0 Å². The number of hydrogen-bond acceptors (Lipinski definition) is 0. The lowest BCUT2D eigenvalue weighted by atomic mass is 10.1. The summed E-state index contributed by atoms with van der Waals surface area (Å²) in [7, 11) is 0. The van der Waals surface area contributed by atoms with Crippen LogP contribution in [0.2, 0.25) is 0 Å². The lowest BCUT2D eigenvalue weighted by molar-refractivity contribution is -0.676. The van der Waals surface area contributed by atoms with Gasteiger partial charge in [0.25, 0.3) is 0 Å². The molecule has 1 aromatic carbocycles. The average molecular weight is 214 g/mol.